The van der Waals surface area contributed by atoms with E-state index in [4.69, 9.17) is 15.9 Å². The highest BCUT2D eigenvalue weighted by atomic mass is 16.4. The standard InChI is InChI=1S/C13H22N4O7/c1-6(2)11(13(23)24)17-9(19)5-15-12(22)7(3-10(20)21)16-8(18)4-14/h6-7,11H,3-5,14H2,1-2H3,(H,15,22)(H,16,18)(H,17,19)(H,20,21)(H,23,24). The van der Waals surface area contributed by atoms with E-state index in [1.165, 1.54) is 0 Å². The summed E-state index contributed by atoms with van der Waals surface area (Å²) in [5.74, 6) is -5.31. The van der Waals surface area contributed by atoms with Gasteiger partial charge in [-0.3, -0.25) is 19.2 Å². The molecule has 24 heavy (non-hydrogen) atoms. The Bertz CT molecular complexity index is 507. The van der Waals surface area contributed by atoms with E-state index in [-0.39, 0.29) is 5.92 Å². The van der Waals surface area contributed by atoms with Crippen molar-refractivity contribution in [2.75, 3.05) is 13.1 Å². The highest BCUT2D eigenvalue weighted by Gasteiger charge is 2.26. The number of amides is 3. The van der Waals surface area contributed by atoms with Gasteiger partial charge in [-0.25, -0.2) is 4.79 Å². The van der Waals surface area contributed by atoms with Gasteiger partial charge in [-0.2, -0.15) is 0 Å². The number of hydrogen-bond donors (Lipinski definition) is 6. The molecule has 0 aliphatic rings. The summed E-state index contributed by atoms with van der Waals surface area (Å²) >= 11 is 0. The molecule has 0 fully saturated rings. The summed E-state index contributed by atoms with van der Waals surface area (Å²) in [5.41, 5.74) is 5.07. The largest absolute Gasteiger partial charge is 0.481 e. The minimum absolute atomic E-state index is 0.370. The van der Waals surface area contributed by atoms with E-state index < -0.39 is 61.3 Å². The van der Waals surface area contributed by atoms with E-state index in [0.29, 0.717) is 0 Å². The van der Waals surface area contributed by atoms with Crippen LogP contribution in [0.15, 0.2) is 0 Å². The van der Waals surface area contributed by atoms with Crippen LogP contribution in [0.4, 0.5) is 0 Å². The van der Waals surface area contributed by atoms with E-state index in [1.807, 2.05) is 0 Å². The Morgan fingerprint density at radius 3 is 2.00 bits per heavy atom. The second-order valence-electron chi connectivity index (χ2n) is 5.27. The van der Waals surface area contributed by atoms with Gasteiger partial charge in [0.05, 0.1) is 19.5 Å². The Balaban J connectivity index is 4.64. The van der Waals surface area contributed by atoms with E-state index in [2.05, 4.69) is 16.0 Å². The Morgan fingerprint density at radius 2 is 1.58 bits per heavy atom. The zero-order valence-electron chi connectivity index (χ0n) is 13.4. The zero-order valence-corrected chi connectivity index (χ0v) is 13.4. The van der Waals surface area contributed by atoms with E-state index >= 15 is 0 Å². The van der Waals surface area contributed by atoms with Crippen LogP contribution in [-0.2, 0) is 24.0 Å². The fourth-order valence-corrected chi connectivity index (χ4v) is 1.67. The van der Waals surface area contributed by atoms with Crippen LogP contribution in [0.2, 0.25) is 0 Å². The topological polar surface area (TPSA) is 188 Å². The Kier molecular flexibility index (Phi) is 9.02. The van der Waals surface area contributed by atoms with Crippen molar-refractivity contribution >= 4 is 29.7 Å². The maximum atomic E-state index is 11.9. The normalized spacial score (nSPS) is 12.8. The molecule has 0 spiro atoms. The van der Waals surface area contributed by atoms with Gasteiger partial charge in [0.2, 0.25) is 17.7 Å². The van der Waals surface area contributed by atoms with Crippen molar-refractivity contribution in [1.82, 2.24) is 16.0 Å². The quantitative estimate of drug-likeness (QED) is 0.245. The van der Waals surface area contributed by atoms with Gasteiger partial charge in [0.1, 0.15) is 12.1 Å². The van der Waals surface area contributed by atoms with Crippen LogP contribution in [0.3, 0.4) is 0 Å². The second-order valence-corrected chi connectivity index (χ2v) is 5.27. The number of aliphatic carboxylic acids is 2. The summed E-state index contributed by atoms with van der Waals surface area (Å²) < 4.78 is 0. The summed E-state index contributed by atoms with van der Waals surface area (Å²) in [6.07, 6.45) is -0.692. The van der Waals surface area contributed by atoms with Gasteiger partial charge in [-0.1, -0.05) is 13.8 Å². The first kappa shape index (κ1) is 21.3. The Morgan fingerprint density at radius 1 is 1.00 bits per heavy atom. The summed E-state index contributed by atoms with van der Waals surface area (Å²) in [7, 11) is 0. The summed E-state index contributed by atoms with van der Waals surface area (Å²) in [4.78, 5) is 56.4. The summed E-state index contributed by atoms with van der Waals surface area (Å²) in [5, 5.41) is 24.2. The Hall–Kier alpha value is -2.69. The van der Waals surface area contributed by atoms with Crippen molar-refractivity contribution < 1.29 is 34.2 Å². The molecule has 0 aromatic heterocycles. The molecule has 0 aromatic carbocycles. The van der Waals surface area contributed by atoms with Gasteiger partial charge in [-0.15, -0.1) is 0 Å². The molecular weight excluding hydrogens is 324 g/mol. The molecule has 0 aliphatic carbocycles. The van der Waals surface area contributed by atoms with Crippen LogP contribution < -0.4 is 21.7 Å². The lowest BCUT2D eigenvalue weighted by Gasteiger charge is -2.19. The molecule has 2 unspecified atom stereocenters. The number of hydrogen-bond acceptors (Lipinski definition) is 6. The lowest BCUT2D eigenvalue weighted by atomic mass is 10.0. The minimum Gasteiger partial charge on any atom is -0.481 e. The smallest absolute Gasteiger partial charge is 0.326 e. The number of nitrogens with two attached hydrogens (primary N) is 1. The minimum atomic E-state index is -1.40. The fraction of sp³-hybridized carbons (Fsp3) is 0.615. The van der Waals surface area contributed by atoms with Crippen molar-refractivity contribution in [1.29, 1.82) is 0 Å². The van der Waals surface area contributed by atoms with Crippen LogP contribution in [0.1, 0.15) is 20.3 Å². The number of carbonyl (C=O) groups is 5. The van der Waals surface area contributed by atoms with Crippen molar-refractivity contribution in [3.63, 3.8) is 0 Å². The molecule has 0 aliphatic heterocycles. The molecule has 7 N–H and O–H groups in total. The molecule has 11 heteroatoms. The van der Waals surface area contributed by atoms with Crippen LogP contribution in [0, 0.1) is 5.92 Å². The third-order valence-electron chi connectivity index (χ3n) is 2.89. The average molecular weight is 346 g/mol. The predicted octanol–water partition coefficient (Wildman–Crippen LogP) is -2.75. The van der Waals surface area contributed by atoms with Crippen molar-refractivity contribution in [3.8, 4) is 0 Å². The molecule has 0 bridgehead atoms. The van der Waals surface area contributed by atoms with Crippen LogP contribution in [-0.4, -0.2) is 65.0 Å². The molecule has 2 atom stereocenters. The van der Waals surface area contributed by atoms with Gasteiger partial charge in [0.15, 0.2) is 0 Å². The monoisotopic (exact) mass is 346 g/mol. The Labute approximate surface area is 138 Å². The number of rotatable bonds is 10. The first-order valence-corrected chi connectivity index (χ1v) is 7.09. The number of nitrogens with one attached hydrogen (secondary N) is 3. The third-order valence-corrected chi connectivity index (χ3v) is 2.89. The average Bonchev–Trinajstić information content (AvgIpc) is 2.48. The molecular formula is C13H22N4O7. The lowest BCUT2D eigenvalue weighted by molar-refractivity contribution is -0.143. The molecule has 0 saturated carbocycles. The highest BCUT2D eigenvalue weighted by molar-refractivity contribution is 5.93. The summed E-state index contributed by atoms with van der Waals surface area (Å²) in [6.45, 7) is 2.20. The predicted molar refractivity (Wildman–Crippen MR) is 80.7 cm³/mol. The first-order chi connectivity index (χ1) is 11.1. The molecule has 0 saturated heterocycles. The zero-order chi connectivity index (χ0) is 18.9. The first-order valence-electron chi connectivity index (χ1n) is 7.09. The van der Waals surface area contributed by atoms with Gasteiger partial charge < -0.3 is 31.9 Å². The van der Waals surface area contributed by atoms with Crippen molar-refractivity contribution in [3.05, 3.63) is 0 Å². The summed E-state index contributed by atoms with van der Waals surface area (Å²) in [6, 6.07) is -2.52. The van der Waals surface area contributed by atoms with Gasteiger partial charge in [0.25, 0.3) is 0 Å². The molecule has 0 rings (SSSR count). The molecule has 11 nitrogen and oxygen atoms in total. The maximum Gasteiger partial charge on any atom is 0.326 e. The number of carboxylic acids is 2. The van der Waals surface area contributed by atoms with E-state index in [1.54, 1.807) is 13.8 Å². The molecule has 3 amide bonds. The van der Waals surface area contributed by atoms with Crippen molar-refractivity contribution in [2.45, 2.75) is 32.4 Å². The van der Waals surface area contributed by atoms with Gasteiger partial charge in [-0.05, 0) is 5.92 Å². The maximum absolute atomic E-state index is 11.9. The van der Waals surface area contributed by atoms with Crippen LogP contribution in [0.25, 0.3) is 0 Å². The molecule has 0 aromatic rings. The second kappa shape index (κ2) is 10.2. The number of carboxylic acid groups (broad SMARTS) is 2. The van der Waals surface area contributed by atoms with Crippen molar-refractivity contribution in [2.24, 2.45) is 11.7 Å². The third kappa shape index (κ3) is 8.08. The van der Waals surface area contributed by atoms with E-state index in [0.717, 1.165) is 0 Å². The van der Waals surface area contributed by atoms with Gasteiger partial charge in [0, 0.05) is 0 Å². The van der Waals surface area contributed by atoms with Crippen LogP contribution >= 0.6 is 0 Å². The van der Waals surface area contributed by atoms with Gasteiger partial charge >= 0.3 is 11.9 Å². The SMILES string of the molecule is CC(C)C(NC(=O)CNC(=O)C(CC(=O)O)NC(=O)CN)C(=O)O. The molecule has 0 radical (unpaired) electrons. The highest BCUT2D eigenvalue weighted by Crippen LogP contribution is 2.01. The fourth-order valence-electron chi connectivity index (χ4n) is 1.67. The van der Waals surface area contributed by atoms with E-state index in [9.17, 15) is 24.0 Å². The lowest BCUT2D eigenvalue weighted by Crippen LogP contribution is -2.52. The molecule has 136 valence electrons. The number of carbonyl (C=O) groups excluding carboxylic acids is 3. The molecule has 0 heterocycles. The van der Waals surface area contributed by atoms with Crippen LogP contribution in [0.5, 0.6) is 0 Å².